The van der Waals surface area contributed by atoms with Gasteiger partial charge in [-0.3, -0.25) is 4.79 Å². The largest absolute Gasteiger partial charge is 0.333 e. The molecule has 3 heteroatoms. The monoisotopic (exact) mass is 350 g/mol. The van der Waals surface area contributed by atoms with Crippen molar-refractivity contribution in [2.24, 2.45) is 0 Å². The van der Waals surface area contributed by atoms with E-state index in [0.717, 1.165) is 11.3 Å². The average molecular weight is 351 g/mol. The van der Waals surface area contributed by atoms with Crippen LogP contribution in [-0.2, 0) is 0 Å². The predicted molar refractivity (Wildman–Crippen MR) is 106 cm³/mol. The second-order valence-corrected chi connectivity index (χ2v) is 7.93. The molecule has 0 aliphatic heterocycles. The van der Waals surface area contributed by atoms with E-state index in [0.29, 0.717) is 12.1 Å². The maximum atomic E-state index is 13.5. The van der Waals surface area contributed by atoms with Crippen LogP contribution in [0.1, 0.15) is 74.6 Å². The van der Waals surface area contributed by atoms with Gasteiger partial charge in [0.25, 0.3) is 5.91 Å². The first-order valence-electron chi connectivity index (χ1n) is 10.4. The van der Waals surface area contributed by atoms with Crippen LogP contribution in [0.5, 0.6) is 0 Å². The van der Waals surface area contributed by atoms with Gasteiger partial charge in [0.1, 0.15) is 0 Å². The molecule has 2 saturated carbocycles. The number of amides is 1. The van der Waals surface area contributed by atoms with Gasteiger partial charge < -0.3 is 9.47 Å². The minimum absolute atomic E-state index is 0.253. The molecular formula is C23H30N2O. The van der Waals surface area contributed by atoms with Crippen molar-refractivity contribution < 1.29 is 4.79 Å². The quantitative estimate of drug-likeness (QED) is 0.706. The molecule has 0 spiro atoms. The van der Waals surface area contributed by atoms with E-state index < -0.39 is 0 Å². The summed E-state index contributed by atoms with van der Waals surface area (Å²) in [7, 11) is 0. The number of carbonyl (C=O) groups excluding carboxylic acids is 1. The van der Waals surface area contributed by atoms with E-state index >= 15 is 0 Å². The summed E-state index contributed by atoms with van der Waals surface area (Å²) in [5.74, 6) is 0.253. The maximum absolute atomic E-state index is 13.5. The van der Waals surface area contributed by atoms with Crippen LogP contribution in [0.15, 0.2) is 48.8 Å². The molecule has 2 fully saturated rings. The topological polar surface area (TPSA) is 25.2 Å². The molecule has 3 nitrogen and oxygen atoms in total. The summed E-state index contributed by atoms with van der Waals surface area (Å²) in [6.45, 7) is 0. The van der Waals surface area contributed by atoms with Gasteiger partial charge >= 0.3 is 0 Å². The van der Waals surface area contributed by atoms with Gasteiger partial charge in [-0.1, -0.05) is 38.5 Å². The fourth-order valence-corrected chi connectivity index (χ4v) is 4.78. The molecule has 2 aromatic rings. The Morgan fingerprint density at radius 3 is 1.77 bits per heavy atom. The van der Waals surface area contributed by atoms with Crippen LogP contribution in [0.4, 0.5) is 0 Å². The molecule has 2 aliphatic rings. The molecule has 1 amide bonds. The van der Waals surface area contributed by atoms with E-state index in [9.17, 15) is 4.79 Å². The smallest absolute Gasteiger partial charge is 0.254 e. The van der Waals surface area contributed by atoms with Gasteiger partial charge in [0.15, 0.2) is 0 Å². The Bertz CT molecular complexity index is 674. The number of hydrogen-bond donors (Lipinski definition) is 0. The molecular weight excluding hydrogens is 320 g/mol. The average Bonchev–Trinajstić information content (AvgIpc) is 3.25. The van der Waals surface area contributed by atoms with Crippen molar-refractivity contribution >= 4 is 5.91 Å². The Hall–Kier alpha value is -2.03. The standard InChI is InChI=1S/C23H30N2O/c26-23(19-13-15-20(16-14-19)24-17-7-8-18-24)25(21-9-3-1-4-10-21)22-11-5-2-6-12-22/h7-8,13-18,21-22H,1-6,9-12H2. The lowest BCUT2D eigenvalue weighted by molar-refractivity contribution is 0.0448. The Morgan fingerprint density at radius 2 is 1.27 bits per heavy atom. The van der Waals surface area contributed by atoms with E-state index in [4.69, 9.17) is 0 Å². The van der Waals surface area contributed by atoms with Crippen molar-refractivity contribution in [3.8, 4) is 5.69 Å². The lowest BCUT2D eigenvalue weighted by Crippen LogP contribution is -2.48. The van der Waals surface area contributed by atoms with Gasteiger partial charge in [-0.2, -0.15) is 0 Å². The lowest BCUT2D eigenvalue weighted by atomic mass is 9.88. The number of rotatable bonds is 4. The predicted octanol–water partition coefficient (Wildman–Crippen LogP) is 5.58. The zero-order valence-electron chi connectivity index (χ0n) is 15.6. The van der Waals surface area contributed by atoms with E-state index in [2.05, 4.69) is 21.6 Å². The first-order valence-corrected chi connectivity index (χ1v) is 10.4. The summed E-state index contributed by atoms with van der Waals surface area (Å²) in [5, 5.41) is 0. The van der Waals surface area contributed by atoms with Crippen molar-refractivity contribution in [1.29, 1.82) is 0 Å². The highest BCUT2D eigenvalue weighted by Gasteiger charge is 2.32. The number of aromatic nitrogens is 1. The van der Waals surface area contributed by atoms with Crippen LogP contribution < -0.4 is 0 Å². The van der Waals surface area contributed by atoms with Crippen molar-refractivity contribution in [2.75, 3.05) is 0 Å². The van der Waals surface area contributed by atoms with Crippen LogP contribution >= 0.6 is 0 Å². The van der Waals surface area contributed by atoms with Gasteiger partial charge in [-0.05, 0) is 62.1 Å². The third-order valence-electron chi connectivity index (χ3n) is 6.19. The highest BCUT2D eigenvalue weighted by molar-refractivity contribution is 5.94. The fourth-order valence-electron chi connectivity index (χ4n) is 4.78. The Balaban J connectivity index is 1.56. The van der Waals surface area contributed by atoms with Crippen molar-refractivity contribution in [1.82, 2.24) is 9.47 Å². The Kier molecular flexibility index (Phi) is 5.42. The summed E-state index contributed by atoms with van der Waals surface area (Å²) in [6, 6.07) is 13.1. The van der Waals surface area contributed by atoms with Crippen LogP contribution in [0.3, 0.4) is 0 Å². The second kappa shape index (κ2) is 8.11. The molecule has 0 unspecified atom stereocenters. The maximum Gasteiger partial charge on any atom is 0.254 e. The molecule has 0 saturated heterocycles. The summed E-state index contributed by atoms with van der Waals surface area (Å²) in [4.78, 5) is 15.8. The minimum atomic E-state index is 0.253. The lowest BCUT2D eigenvalue weighted by Gasteiger charge is -2.42. The first-order chi connectivity index (χ1) is 12.8. The molecule has 1 aromatic carbocycles. The summed E-state index contributed by atoms with van der Waals surface area (Å²) in [5.41, 5.74) is 1.95. The SMILES string of the molecule is O=C(c1ccc(-n2cccc2)cc1)N(C1CCCCC1)C1CCCCC1. The van der Waals surface area contributed by atoms with Crippen LogP contribution in [0.2, 0.25) is 0 Å². The van der Waals surface area contributed by atoms with E-state index in [-0.39, 0.29) is 5.91 Å². The normalized spacial score (nSPS) is 19.4. The molecule has 138 valence electrons. The molecule has 0 radical (unpaired) electrons. The molecule has 4 rings (SSSR count). The van der Waals surface area contributed by atoms with Gasteiger partial charge in [0, 0.05) is 35.7 Å². The molecule has 0 N–H and O–H groups in total. The van der Waals surface area contributed by atoms with Gasteiger partial charge in [0.2, 0.25) is 0 Å². The van der Waals surface area contributed by atoms with E-state index in [1.165, 1.54) is 64.2 Å². The Morgan fingerprint density at radius 1 is 0.769 bits per heavy atom. The minimum Gasteiger partial charge on any atom is -0.333 e. The number of carbonyl (C=O) groups is 1. The summed E-state index contributed by atoms with van der Waals surface area (Å²) < 4.78 is 2.08. The van der Waals surface area contributed by atoms with Crippen LogP contribution in [0, 0.1) is 0 Å². The zero-order valence-corrected chi connectivity index (χ0v) is 15.6. The van der Waals surface area contributed by atoms with Gasteiger partial charge in [-0.25, -0.2) is 0 Å². The molecule has 26 heavy (non-hydrogen) atoms. The number of benzene rings is 1. The van der Waals surface area contributed by atoms with Gasteiger partial charge in [0.05, 0.1) is 0 Å². The fraction of sp³-hybridized carbons (Fsp3) is 0.522. The third kappa shape index (κ3) is 3.72. The molecule has 0 bridgehead atoms. The molecule has 1 aromatic heterocycles. The van der Waals surface area contributed by atoms with E-state index in [1.807, 2.05) is 36.7 Å². The highest BCUT2D eigenvalue weighted by atomic mass is 16.2. The third-order valence-corrected chi connectivity index (χ3v) is 6.19. The number of hydrogen-bond acceptors (Lipinski definition) is 1. The van der Waals surface area contributed by atoms with E-state index in [1.54, 1.807) is 0 Å². The summed E-state index contributed by atoms with van der Waals surface area (Å²) in [6.07, 6.45) is 16.5. The van der Waals surface area contributed by atoms with Crippen LogP contribution in [0.25, 0.3) is 5.69 Å². The molecule has 1 heterocycles. The van der Waals surface area contributed by atoms with Crippen LogP contribution in [-0.4, -0.2) is 27.5 Å². The van der Waals surface area contributed by atoms with Crippen molar-refractivity contribution in [3.63, 3.8) is 0 Å². The summed E-state index contributed by atoms with van der Waals surface area (Å²) >= 11 is 0. The Labute approximate surface area is 157 Å². The van der Waals surface area contributed by atoms with Gasteiger partial charge in [-0.15, -0.1) is 0 Å². The van der Waals surface area contributed by atoms with Crippen molar-refractivity contribution in [3.05, 3.63) is 54.4 Å². The molecule has 0 atom stereocenters. The first kappa shape index (κ1) is 17.4. The number of nitrogens with zero attached hydrogens (tertiary/aromatic N) is 2. The van der Waals surface area contributed by atoms with Crippen molar-refractivity contribution in [2.45, 2.75) is 76.3 Å². The highest BCUT2D eigenvalue weighted by Crippen LogP contribution is 2.31. The molecule has 2 aliphatic carbocycles. The second-order valence-electron chi connectivity index (χ2n) is 7.93. The zero-order chi connectivity index (χ0) is 17.8.